The SMILES string of the molecule is CC1CCN(C(=O)c2cc(Cl)cc([N+](=O)[O-])c2)C1C(=O)O. The number of nitro groups is 1. The summed E-state index contributed by atoms with van der Waals surface area (Å²) in [5.74, 6) is -1.80. The molecule has 0 aliphatic carbocycles. The molecule has 1 aromatic rings. The highest BCUT2D eigenvalue weighted by atomic mass is 35.5. The van der Waals surface area contributed by atoms with E-state index < -0.39 is 22.8 Å². The van der Waals surface area contributed by atoms with Gasteiger partial charge < -0.3 is 10.0 Å². The van der Waals surface area contributed by atoms with Gasteiger partial charge in [0, 0.05) is 29.3 Å². The number of carbonyl (C=O) groups excluding carboxylic acids is 1. The van der Waals surface area contributed by atoms with Crippen LogP contribution in [0.1, 0.15) is 23.7 Å². The van der Waals surface area contributed by atoms with Crippen LogP contribution < -0.4 is 0 Å². The van der Waals surface area contributed by atoms with E-state index in [2.05, 4.69) is 0 Å². The molecule has 0 aromatic heterocycles. The molecule has 1 N–H and O–H groups in total. The molecule has 1 aliphatic rings. The molecule has 112 valence electrons. The van der Waals surface area contributed by atoms with Crippen molar-refractivity contribution >= 4 is 29.2 Å². The van der Waals surface area contributed by atoms with Crippen LogP contribution in [0.4, 0.5) is 5.69 Å². The predicted molar refractivity (Wildman–Crippen MR) is 74.3 cm³/mol. The van der Waals surface area contributed by atoms with Crippen LogP contribution in [0.5, 0.6) is 0 Å². The van der Waals surface area contributed by atoms with Gasteiger partial charge in [-0.3, -0.25) is 14.9 Å². The zero-order chi connectivity index (χ0) is 15.7. The Balaban J connectivity index is 2.36. The summed E-state index contributed by atoms with van der Waals surface area (Å²) in [6.07, 6.45) is 0.575. The summed E-state index contributed by atoms with van der Waals surface area (Å²) < 4.78 is 0. The molecule has 1 aromatic carbocycles. The van der Waals surface area contributed by atoms with Crippen molar-refractivity contribution in [3.8, 4) is 0 Å². The van der Waals surface area contributed by atoms with Gasteiger partial charge in [-0.05, 0) is 18.4 Å². The second-order valence-corrected chi connectivity index (χ2v) is 5.44. The lowest BCUT2D eigenvalue weighted by Gasteiger charge is -2.23. The standard InChI is InChI=1S/C13H13ClN2O5/c1-7-2-3-15(11(7)13(18)19)12(17)8-4-9(14)6-10(5-8)16(20)21/h4-7,11H,2-3H2,1H3,(H,18,19). The fourth-order valence-electron chi connectivity index (χ4n) is 2.52. The van der Waals surface area contributed by atoms with Crippen LogP contribution in [0, 0.1) is 16.0 Å². The Labute approximate surface area is 125 Å². The Bertz CT molecular complexity index is 619. The van der Waals surface area contributed by atoms with Crippen molar-refractivity contribution in [3.05, 3.63) is 38.9 Å². The molecular formula is C13H13ClN2O5. The molecule has 0 radical (unpaired) electrons. The Kier molecular flexibility index (Phi) is 4.13. The zero-order valence-electron chi connectivity index (χ0n) is 11.2. The number of carboxylic acids is 1. The molecule has 1 saturated heterocycles. The summed E-state index contributed by atoms with van der Waals surface area (Å²) in [5, 5.41) is 20.1. The Morgan fingerprint density at radius 3 is 2.67 bits per heavy atom. The molecular weight excluding hydrogens is 300 g/mol. The number of rotatable bonds is 3. The van der Waals surface area contributed by atoms with Crippen molar-refractivity contribution in [1.29, 1.82) is 0 Å². The van der Waals surface area contributed by atoms with Crippen molar-refractivity contribution in [3.63, 3.8) is 0 Å². The third-order valence-corrected chi connectivity index (χ3v) is 3.77. The van der Waals surface area contributed by atoms with E-state index in [0.717, 1.165) is 12.1 Å². The molecule has 1 amide bonds. The van der Waals surface area contributed by atoms with Gasteiger partial charge in [-0.1, -0.05) is 18.5 Å². The lowest BCUT2D eigenvalue weighted by atomic mass is 10.0. The van der Waals surface area contributed by atoms with Gasteiger partial charge >= 0.3 is 5.97 Å². The van der Waals surface area contributed by atoms with E-state index in [0.29, 0.717) is 13.0 Å². The van der Waals surface area contributed by atoms with E-state index in [9.17, 15) is 24.8 Å². The van der Waals surface area contributed by atoms with Gasteiger partial charge in [0.05, 0.1) is 4.92 Å². The lowest BCUT2D eigenvalue weighted by molar-refractivity contribution is -0.384. The minimum atomic E-state index is -1.08. The third-order valence-electron chi connectivity index (χ3n) is 3.55. The molecule has 2 unspecified atom stereocenters. The number of aliphatic carboxylic acids is 1. The van der Waals surface area contributed by atoms with E-state index in [-0.39, 0.29) is 22.2 Å². The molecule has 8 heteroatoms. The number of likely N-dealkylation sites (tertiary alicyclic amines) is 1. The van der Waals surface area contributed by atoms with Crippen LogP contribution >= 0.6 is 11.6 Å². The van der Waals surface area contributed by atoms with Gasteiger partial charge in [0.2, 0.25) is 0 Å². The van der Waals surface area contributed by atoms with Crippen molar-refractivity contribution in [2.24, 2.45) is 5.92 Å². The highest BCUT2D eigenvalue weighted by Crippen LogP contribution is 2.28. The van der Waals surface area contributed by atoms with Crippen LogP contribution in [0.15, 0.2) is 18.2 Å². The van der Waals surface area contributed by atoms with E-state index in [1.807, 2.05) is 0 Å². The van der Waals surface area contributed by atoms with Crippen LogP contribution in [0.3, 0.4) is 0 Å². The molecule has 2 rings (SSSR count). The Morgan fingerprint density at radius 2 is 2.10 bits per heavy atom. The van der Waals surface area contributed by atoms with Gasteiger partial charge in [0.25, 0.3) is 11.6 Å². The maximum Gasteiger partial charge on any atom is 0.326 e. The first-order chi connectivity index (χ1) is 9.81. The zero-order valence-corrected chi connectivity index (χ0v) is 11.9. The topological polar surface area (TPSA) is 101 Å². The summed E-state index contributed by atoms with van der Waals surface area (Å²) in [4.78, 5) is 35.1. The number of hydrogen-bond acceptors (Lipinski definition) is 4. The number of benzene rings is 1. The molecule has 1 aliphatic heterocycles. The lowest BCUT2D eigenvalue weighted by Crippen LogP contribution is -2.42. The summed E-state index contributed by atoms with van der Waals surface area (Å²) in [5.41, 5.74) is -0.278. The minimum Gasteiger partial charge on any atom is -0.480 e. The van der Waals surface area contributed by atoms with Gasteiger partial charge in [0.1, 0.15) is 6.04 Å². The average molecular weight is 313 g/mol. The Hall–Kier alpha value is -2.15. The van der Waals surface area contributed by atoms with E-state index in [4.69, 9.17) is 11.6 Å². The maximum absolute atomic E-state index is 12.4. The van der Waals surface area contributed by atoms with E-state index in [1.165, 1.54) is 11.0 Å². The molecule has 0 spiro atoms. The second kappa shape index (κ2) is 5.69. The molecule has 7 nitrogen and oxygen atoms in total. The number of carboxylic acid groups (broad SMARTS) is 1. The predicted octanol–water partition coefficient (Wildman–Crippen LogP) is 2.18. The van der Waals surface area contributed by atoms with Crippen LogP contribution in [-0.2, 0) is 4.79 Å². The fraction of sp³-hybridized carbons (Fsp3) is 0.385. The molecule has 0 bridgehead atoms. The highest BCUT2D eigenvalue weighted by Gasteiger charge is 2.40. The first-order valence-corrected chi connectivity index (χ1v) is 6.68. The largest absolute Gasteiger partial charge is 0.480 e. The number of hydrogen-bond donors (Lipinski definition) is 1. The van der Waals surface area contributed by atoms with Crippen molar-refractivity contribution < 1.29 is 19.6 Å². The smallest absolute Gasteiger partial charge is 0.326 e. The third kappa shape index (κ3) is 2.97. The summed E-state index contributed by atoms with van der Waals surface area (Å²) >= 11 is 5.78. The fourth-order valence-corrected chi connectivity index (χ4v) is 2.75. The van der Waals surface area contributed by atoms with E-state index >= 15 is 0 Å². The second-order valence-electron chi connectivity index (χ2n) is 5.00. The summed E-state index contributed by atoms with van der Waals surface area (Å²) in [6, 6.07) is 2.63. The molecule has 1 fully saturated rings. The molecule has 21 heavy (non-hydrogen) atoms. The molecule has 0 saturated carbocycles. The first-order valence-electron chi connectivity index (χ1n) is 6.30. The van der Waals surface area contributed by atoms with Crippen molar-refractivity contribution in [1.82, 2.24) is 4.90 Å². The average Bonchev–Trinajstić information content (AvgIpc) is 2.79. The summed E-state index contributed by atoms with van der Waals surface area (Å²) in [6.45, 7) is 2.06. The first kappa shape index (κ1) is 15.2. The normalized spacial score (nSPS) is 21.3. The number of halogens is 1. The number of amides is 1. The number of nitro benzene ring substituents is 1. The Morgan fingerprint density at radius 1 is 1.43 bits per heavy atom. The summed E-state index contributed by atoms with van der Waals surface area (Å²) in [7, 11) is 0. The van der Waals surface area contributed by atoms with E-state index in [1.54, 1.807) is 6.92 Å². The maximum atomic E-state index is 12.4. The van der Waals surface area contributed by atoms with Gasteiger partial charge in [-0.25, -0.2) is 4.79 Å². The van der Waals surface area contributed by atoms with Gasteiger partial charge in [-0.2, -0.15) is 0 Å². The number of carbonyl (C=O) groups is 2. The number of non-ortho nitro benzene ring substituents is 1. The monoisotopic (exact) mass is 312 g/mol. The van der Waals surface area contributed by atoms with Crippen LogP contribution in [-0.4, -0.2) is 39.4 Å². The van der Waals surface area contributed by atoms with Gasteiger partial charge in [0.15, 0.2) is 0 Å². The van der Waals surface area contributed by atoms with Crippen molar-refractivity contribution in [2.45, 2.75) is 19.4 Å². The van der Waals surface area contributed by atoms with Crippen molar-refractivity contribution in [2.75, 3.05) is 6.54 Å². The quantitative estimate of drug-likeness (QED) is 0.681. The molecule has 2 atom stereocenters. The minimum absolute atomic E-state index is 0.0227. The molecule has 1 heterocycles. The van der Waals surface area contributed by atoms with Crippen LogP contribution in [0.2, 0.25) is 5.02 Å². The highest BCUT2D eigenvalue weighted by molar-refractivity contribution is 6.31. The van der Waals surface area contributed by atoms with Crippen LogP contribution in [0.25, 0.3) is 0 Å². The number of nitrogens with zero attached hydrogens (tertiary/aromatic N) is 2. The van der Waals surface area contributed by atoms with Gasteiger partial charge in [-0.15, -0.1) is 0 Å².